The standard InChI is InChI=1S/C44H26N4S2/c1-2-8-28(9-3-1)48(38-15-5-11-30-32-13-7-25-46-44(32)50-42(30)38)37-23-19-27-16-20-33-35(22-18-26-17-21-34(37)40(27)39(26)33)47-36-14-4-10-29-31-12-6-24-45-43(31)49-41(29)36/h1-25,47H. The second-order valence-electron chi connectivity index (χ2n) is 12.7. The van der Waals surface area contributed by atoms with Gasteiger partial charge in [-0.2, -0.15) is 0 Å². The molecule has 234 valence electrons. The molecule has 4 heterocycles. The van der Waals surface area contributed by atoms with Gasteiger partial charge in [-0.15, -0.1) is 22.7 Å². The lowest BCUT2D eigenvalue weighted by Gasteiger charge is -2.28. The van der Waals surface area contributed by atoms with E-state index in [1.54, 1.807) is 22.7 Å². The molecule has 11 rings (SSSR count). The number of hydrogen-bond donors (Lipinski definition) is 1. The average Bonchev–Trinajstić information content (AvgIpc) is 3.75. The van der Waals surface area contributed by atoms with E-state index < -0.39 is 0 Å². The summed E-state index contributed by atoms with van der Waals surface area (Å²) in [7, 11) is 0. The quantitative estimate of drug-likeness (QED) is 0.185. The fourth-order valence-corrected chi connectivity index (χ4v) is 10.0. The van der Waals surface area contributed by atoms with Gasteiger partial charge in [0.15, 0.2) is 0 Å². The predicted octanol–water partition coefficient (Wildman–Crippen LogP) is 13.3. The number of anilines is 5. The van der Waals surface area contributed by atoms with E-state index >= 15 is 0 Å². The van der Waals surface area contributed by atoms with Crippen LogP contribution in [0.3, 0.4) is 0 Å². The van der Waals surface area contributed by atoms with E-state index in [1.807, 2.05) is 24.5 Å². The van der Waals surface area contributed by atoms with Crippen molar-refractivity contribution in [1.29, 1.82) is 0 Å². The van der Waals surface area contributed by atoms with Crippen LogP contribution in [0.25, 0.3) is 72.9 Å². The second-order valence-corrected chi connectivity index (χ2v) is 14.7. The Bertz CT molecular complexity index is 3090. The number of rotatable bonds is 5. The van der Waals surface area contributed by atoms with E-state index in [9.17, 15) is 0 Å². The van der Waals surface area contributed by atoms with E-state index in [4.69, 9.17) is 4.98 Å². The topological polar surface area (TPSA) is 41.0 Å². The summed E-state index contributed by atoms with van der Waals surface area (Å²) < 4.78 is 2.45. The maximum absolute atomic E-state index is 4.73. The van der Waals surface area contributed by atoms with Crippen molar-refractivity contribution >= 4 is 124 Å². The summed E-state index contributed by atoms with van der Waals surface area (Å²) in [5, 5.41) is 16.1. The van der Waals surface area contributed by atoms with Gasteiger partial charge in [-0.3, -0.25) is 0 Å². The zero-order chi connectivity index (χ0) is 32.8. The van der Waals surface area contributed by atoms with Crippen LogP contribution in [-0.4, -0.2) is 9.97 Å². The Hall–Kier alpha value is -6.08. The smallest absolute Gasteiger partial charge is 0.124 e. The summed E-state index contributed by atoms with van der Waals surface area (Å²) in [4.78, 5) is 13.9. The number of hydrogen-bond acceptors (Lipinski definition) is 6. The first-order valence-corrected chi connectivity index (χ1v) is 18.3. The Balaban J connectivity index is 1.14. The van der Waals surface area contributed by atoms with Crippen molar-refractivity contribution in [3.8, 4) is 0 Å². The SMILES string of the molecule is c1ccc(N(c2ccc3ccc4c(Nc5cccc6c5sc5ncccc56)ccc5ccc2c3c54)c2cccc3c2sc2ncccc23)cc1. The molecule has 0 amide bonds. The highest BCUT2D eigenvalue weighted by molar-refractivity contribution is 7.26. The van der Waals surface area contributed by atoms with Crippen LogP contribution in [-0.2, 0) is 0 Å². The number of fused-ring (bicyclic) bond motifs is 6. The van der Waals surface area contributed by atoms with Gasteiger partial charge >= 0.3 is 0 Å². The molecule has 0 atom stereocenters. The van der Waals surface area contributed by atoms with Crippen LogP contribution in [0.2, 0.25) is 0 Å². The molecule has 0 spiro atoms. The first kappa shape index (κ1) is 27.8. The highest BCUT2D eigenvalue weighted by Crippen LogP contribution is 2.49. The van der Waals surface area contributed by atoms with Crippen LogP contribution in [0.4, 0.5) is 28.4 Å². The maximum Gasteiger partial charge on any atom is 0.124 e. The summed E-state index contributed by atoms with van der Waals surface area (Å²) in [5.74, 6) is 0. The molecule has 0 fully saturated rings. The fraction of sp³-hybridized carbons (Fsp3) is 0. The number of aromatic nitrogens is 2. The van der Waals surface area contributed by atoms with Crippen LogP contribution in [0.5, 0.6) is 0 Å². The summed E-state index contributed by atoms with van der Waals surface area (Å²) in [6.45, 7) is 0. The minimum atomic E-state index is 1.06. The molecule has 0 radical (unpaired) electrons. The summed E-state index contributed by atoms with van der Waals surface area (Å²) in [6.07, 6.45) is 3.76. The van der Waals surface area contributed by atoms with Crippen molar-refractivity contribution in [2.75, 3.05) is 10.2 Å². The summed E-state index contributed by atoms with van der Waals surface area (Å²) in [5.41, 5.74) is 5.62. The van der Waals surface area contributed by atoms with Gasteiger partial charge in [0.1, 0.15) is 9.66 Å². The Morgan fingerprint density at radius 3 is 1.82 bits per heavy atom. The van der Waals surface area contributed by atoms with E-state index in [1.165, 1.54) is 63.3 Å². The predicted molar refractivity (Wildman–Crippen MR) is 216 cm³/mol. The number of benzene rings is 7. The Labute approximate surface area is 294 Å². The number of thiophene rings is 2. The van der Waals surface area contributed by atoms with Gasteiger partial charge < -0.3 is 10.2 Å². The van der Waals surface area contributed by atoms with Crippen molar-refractivity contribution in [3.63, 3.8) is 0 Å². The van der Waals surface area contributed by atoms with E-state index in [2.05, 4.69) is 143 Å². The van der Waals surface area contributed by atoms with Crippen LogP contribution >= 0.6 is 22.7 Å². The van der Waals surface area contributed by atoms with Gasteiger partial charge in [0.2, 0.25) is 0 Å². The molecule has 50 heavy (non-hydrogen) atoms. The number of pyridine rings is 2. The summed E-state index contributed by atoms with van der Waals surface area (Å²) in [6, 6.07) is 50.4. The van der Waals surface area contributed by atoms with Crippen LogP contribution in [0.1, 0.15) is 0 Å². The number of nitrogens with zero attached hydrogens (tertiary/aromatic N) is 3. The third kappa shape index (κ3) is 4.03. The third-order valence-electron chi connectivity index (χ3n) is 9.94. The Morgan fingerprint density at radius 1 is 0.420 bits per heavy atom. The van der Waals surface area contributed by atoms with Crippen LogP contribution in [0, 0.1) is 0 Å². The molecule has 6 heteroatoms. The highest BCUT2D eigenvalue weighted by Gasteiger charge is 2.22. The molecule has 4 nitrogen and oxygen atoms in total. The molecule has 0 aliphatic heterocycles. The highest BCUT2D eigenvalue weighted by atomic mass is 32.1. The van der Waals surface area contributed by atoms with Gasteiger partial charge in [-0.1, -0.05) is 78.9 Å². The monoisotopic (exact) mass is 674 g/mol. The van der Waals surface area contributed by atoms with Gasteiger partial charge in [0.25, 0.3) is 0 Å². The normalized spacial score (nSPS) is 12.0. The van der Waals surface area contributed by atoms with E-state index in [0.29, 0.717) is 0 Å². The molecule has 0 unspecified atom stereocenters. The molecule has 1 N–H and O–H groups in total. The number of para-hydroxylation sites is 1. The van der Waals surface area contributed by atoms with E-state index in [0.717, 1.165) is 38.1 Å². The molecule has 0 saturated carbocycles. The third-order valence-corrected chi connectivity index (χ3v) is 12.3. The first-order valence-electron chi connectivity index (χ1n) is 16.7. The van der Waals surface area contributed by atoms with Crippen molar-refractivity contribution in [2.45, 2.75) is 0 Å². The molecule has 0 aliphatic carbocycles. The average molecular weight is 675 g/mol. The van der Waals surface area contributed by atoms with Gasteiger partial charge in [-0.25, -0.2) is 9.97 Å². The zero-order valence-corrected chi connectivity index (χ0v) is 28.2. The second kappa shape index (κ2) is 10.7. The van der Waals surface area contributed by atoms with E-state index in [-0.39, 0.29) is 0 Å². The van der Waals surface area contributed by atoms with Crippen molar-refractivity contribution < 1.29 is 0 Å². The van der Waals surface area contributed by atoms with Crippen molar-refractivity contribution in [1.82, 2.24) is 9.97 Å². The maximum atomic E-state index is 4.73. The van der Waals surface area contributed by atoms with Crippen LogP contribution < -0.4 is 10.2 Å². The molecule has 4 aromatic heterocycles. The molecule has 0 bridgehead atoms. The number of nitrogens with one attached hydrogen (secondary N) is 1. The van der Waals surface area contributed by atoms with Crippen molar-refractivity contribution in [3.05, 3.63) is 152 Å². The molecule has 0 saturated heterocycles. The van der Waals surface area contributed by atoms with Gasteiger partial charge in [0, 0.05) is 56.1 Å². The molecule has 0 aliphatic rings. The minimum absolute atomic E-state index is 1.06. The molecular weight excluding hydrogens is 649 g/mol. The molecular formula is C44H26N4S2. The fourth-order valence-electron chi connectivity index (χ4n) is 7.75. The zero-order valence-electron chi connectivity index (χ0n) is 26.6. The van der Waals surface area contributed by atoms with Crippen molar-refractivity contribution in [2.24, 2.45) is 0 Å². The Kier molecular flexibility index (Phi) is 5.96. The lowest BCUT2D eigenvalue weighted by molar-refractivity contribution is 1.32. The molecule has 11 aromatic rings. The lowest BCUT2D eigenvalue weighted by atomic mass is 9.92. The first-order chi connectivity index (χ1) is 24.8. The lowest BCUT2D eigenvalue weighted by Crippen LogP contribution is -2.10. The van der Waals surface area contributed by atoms with Crippen LogP contribution in [0.15, 0.2) is 152 Å². The summed E-state index contributed by atoms with van der Waals surface area (Å²) >= 11 is 3.50. The van der Waals surface area contributed by atoms with Gasteiger partial charge in [-0.05, 0) is 82.2 Å². The largest absolute Gasteiger partial charge is 0.354 e. The van der Waals surface area contributed by atoms with Gasteiger partial charge in [0.05, 0.1) is 26.5 Å². The molecule has 7 aromatic carbocycles. The minimum Gasteiger partial charge on any atom is -0.354 e. The Morgan fingerprint density at radius 2 is 1.04 bits per heavy atom.